The van der Waals surface area contributed by atoms with Gasteiger partial charge in [-0.15, -0.1) is 0 Å². The fourth-order valence-corrected chi connectivity index (χ4v) is 1.52. The minimum absolute atomic E-state index is 0.424. The Morgan fingerprint density at radius 2 is 2.12 bits per heavy atom. The molecule has 1 amide bonds. The highest BCUT2D eigenvalue weighted by Gasteiger charge is 2.08. The first-order valence-electron chi connectivity index (χ1n) is 4.74. The molecule has 5 heteroatoms. The quantitative estimate of drug-likeness (QED) is 0.815. The van der Waals surface area contributed by atoms with Crippen molar-refractivity contribution >= 4 is 16.8 Å². The lowest BCUT2D eigenvalue weighted by Gasteiger charge is -2.05. The number of methoxy groups -OCH3 is 1. The first-order chi connectivity index (χ1) is 7.61. The van der Waals surface area contributed by atoms with E-state index in [1.54, 1.807) is 32.2 Å². The average molecular weight is 217 g/mol. The Balaban J connectivity index is 2.74. The highest BCUT2D eigenvalue weighted by atomic mass is 16.5. The minimum atomic E-state index is -0.475. The summed E-state index contributed by atoms with van der Waals surface area (Å²) in [6, 6.07) is 4.99. The molecule has 0 aliphatic carbocycles. The summed E-state index contributed by atoms with van der Waals surface area (Å²) in [4.78, 5) is 19.4. The number of nitrogens with zero attached hydrogens (tertiary/aromatic N) is 2. The van der Waals surface area contributed by atoms with Gasteiger partial charge >= 0.3 is 0 Å². The Morgan fingerprint density at radius 1 is 1.38 bits per heavy atom. The van der Waals surface area contributed by atoms with Crippen LogP contribution in [-0.4, -0.2) is 23.0 Å². The second-order valence-electron chi connectivity index (χ2n) is 3.38. The molecule has 16 heavy (non-hydrogen) atoms. The van der Waals surface area contributed by atoms with Crippen LogP contribution in [0.2, 0.25) is 0 Å². The van der Waals surface area contributed by atoms with Crippen molar-refractivity contribution in [3.8, 4) is 5.88 Å². The van der Waals surface area contributed by atoms with Gasteiger partial charge in [-0.2, -0.15) is 4.98 Å². The maximum atomic E-state index is 11.0. The van der Waals surface area contributed by atoms with Crippen molar-refractivity contribution in [3.63, 3.8) is 0 Å². The summed E-state index contributed by atoms with van der Waals surface area (Å²) in [5.74, 6) is 0.613. The van der Waals surface area contributed by atoms with E-state index in [1.165, 1.54) is 0 Å². The number of hydrogen-bond donors (Lipinski definition) is 1. The summed E-state index contributed by atoms with van der Waals surface area (Å²) in [5.41, 5.74) is 6.28. The number of ether oxygens (including phenoxy) is 1. The Hall–Kier alpha value is -2.17. The number of aromatic nitrogens is 2. The molecule has 0 atom stereocenters. The van der Waals surface area contributed by atoms with Crippen molar-refractivity contribution in [2.45, 2.75) is 6.92 Å². The van der Waals surface area contributed by atoms with Crippen molar-refractivity contribution < 1.29 is 9.53 Å². The van der Waals surface area contributed by atoms with E-state index in [0.29, 0.717) is 22.8 Å². The van der Waals surface area contributed by atoms with E-state index in [-0.39, 0.29) is 0 Å². The summed E-state index contributed by atoms with van der Waals surface area (Å²) in [6.45, 7) is 1.76. The third-order valence-corrected chi connectivity index (χ3v) is 2.25. The van der Waals surface area contributed by atoms with Crippen LogP contribution >= 0.6 is 0 Å². The van der Waals surface area contributed by atoms with Gasteiger partial charge in [0.1, 0.15) is 5.82 Å². The van der Waals surface area contributed by atoms with Crippen LogP contribution in [0.4, 0.5) is 0 Å². The van der Waals surface area contributed by atoms with Crippen LogP contribution < -0.4 is 10.5 Å². The van der Waals surface area contributed by atoms with Crippen molar-refractivity contribution in [1.29, 1.82) is 0 Å². The molecule has 1 aromatic carbocycles. The summed E-state index contributed by atoms with van der Waals surface area (Å²) in [7, 11) is 1.54. The topological polar surface area (TPSA) is 78.1 Å². The van der Waals surface area contributed by atoms with Crippen molar-refractivity contribution in [3.05, 3.63) is 29.6 Å². The number of benzene rings is 1. The number of amides is 1. The standard InChI is InChI=1S/C11H11N3O2/c1-6-13-9-5-7(10(12)15)3-4-8(9)11(14-6)16-2/h3-5H,1-2H3,(H2,12,15). The molecule has 0 unspecified atom stereocenters. The fraction of sp³-hybridized carbons (Fsp3) is 0.182. The highest BCUT2D eigenvalue weighted by Crippen LogP contribution is 2.22. The second-order valence-corrected chi connectivity index (χ2v) is 3.38. The smallest absolute Gasteiger partial charge is 0.248 e. The van der Waals surface area contributed by atoms with E-state index >= 15 is 0 Å². The van der Waals surface area contributed by atoms with Crippen LogP contribution in [0.25, 0.3) is 10.9 Å². The van der Waals surface area contributed by atoms with Crippen LogP contribution in [-0.2, 0) is 0 Å². The lowest BCUT2D eigenvalue weighted by atomic mass is 10.1. The first-order valence-corrected chi connectivity index (χ1v) is 4.74. The van der Waals surface area contributed by atoms with Gasteiger partial charge in [-0.3, -0.25) is 4.79 Å². The number of hydrogen-bond acceptors (Lipinski definition) is 4. The molecule has 2 aromatic rings. The molecule has 0 aliphatic rings. The van der Waals surface area contributed by atoms with Gasteiger partial charge in [-0.25, -0.2) is 4.98 Å². The maximum absolute atomic E-state index is 11.0. The lowest BCUT2D eigenvalue weighted by Crippen LogP contribution is -2.10. The Kier molecular flexibility index (Phi) is 2.44. The summed E-state index contributed by atoms with van der Waals surface area (Å²) in [6.07, 6.45) is 0. The molecule has 1 aromatic heterocycles. The third kappa shape index (κ3) is 1.67. The SMILES string of the molecule is COc1nc(C)nc2cc(C(N)=O)ccc12. The van der Waals surface area contributed by atoms with Gasteiger partial charge in [0, 0.05) is 5.56 Å². The largest absolute Gasteiger partial charge is 0.480 e. The summed E-state index contributed by atoms with van der Waals surface area (Å²) in [5, 5.41) is 0.762. The van der Waals surface area contributed by atoms with E-state index in [2.05, 4.69) is 9.97 Å². The summed E-state index contributed by atoms with van der Waals surface area (Å²) >= 11 is 0. The number of primary amides is 1. The number of nitrogens with two attached hydrogens (primary N) is 1. The maximum Gasteiger partial charge on any atom is 0.248 e. The van der Waals surface area contributed by atoms with E-state index in [4.69, 9.17) is 10.5 Å². The molecule has 0 radical (unpaired) electrons. The van der Waals surface area contributed by atoms with Crippen molar-refractivity contribution in [2.75, 3.05) is 7.11 Å². The molecule has 82 valence electrons. The van der Waals surface area contributed by atoms with Crippen LogP contribution in [0.1, 0.15) is 16.2 Å². The Morgan fingerprint density at radius 3 is 2.75 bits per heavy atom. The molecule has 1 heterocycles. The molecule has 0 saturated heterocycles. The van der Waals surface area contributed by atoms with Crippen LogP contribution in [0, 0.1) is 6.92 Å². The molecule has 0 spiro atoms. The number of rotatable bonds is 2. The average Bonchev–Trinajstić information content (AvgIpc) is 2.26. The fourth-order valence-electron chi connectivity index (χ4n) is 1.52. The lowest BCUT2D eigenvalue weighted by molar-refractivity contribution is 0.100. The monoisotopic (exact) mass is 217 g/mol. The van der Waals surface area contributed by atoms with Crippen LogP contribution in [0.5, 0.6) is 5.88 Å². The minimum Gasteiger partial charge on any atom is -0.480 e. The molecular formula is C11H11N3O2. The zero-order valence-electron chi connectivity index (χ0n) is 9.02. The van der Waals surface area contributed by atoms with Gasteiger partial charge in [0.25, 0.3) is 0 Å². The van der Waals surface area contributed by atoms with Gasteiger partial charge in [0.15, 0.2) is 0 Å². The van der Waals surface area contributed by atoms with Crippen LogP contribution in [0.15, 0.2) is 18.2 Å². The molecular weight excluding hydrogens is 206 g/mol. The Labute approximate surface area is 92.3 Å². The predicted molar refractivity (Wildman–Crippen MR) is 59.3 cm³/mol. The number of carbonyl (C=O) groups is 1. The van der Waals surface area contributed by atoms with Gasteiger partial charge in [-0.05, 0) is 25.1 Å². The molecule has 5 nitrogen and oxygen atoms in total. The van der Waals surface area contributed by atoms with E-state index in [1.807, 2.05) is 0 Å². The van der Waals surface area contributed by atoms with E-state index < -0.39 is 5.91 Å². The van der Waals surface area contributed by atoms with Gasteiger partial charge in [0.2, 0.25) is 11.8 Å². The molecule has 0 fully saturated rings. The summed E-state index contributed by atoms with van der Waals surface area (Å²) < 4.78 is 5.14. The molecule has 0 aliphatic heterocycles. The number of aryl methyl sites for hydroxylation is 1. The molecule has 2 N–H and O–H groups in total. The van der Waals surface area contributed by atoms with Gasteiger partial charge in [0.05, 0.1) is 18.0 Å². The Bertz CT molecular complexity index is 566. The zero-order valence-corrected chi connectivity index (χ0v) is 9.02. The van der Waals surface area contributed by atoms with Crippen molar-refractivity contribution in [2.24, 2.45) is 5.73 Å². The number of fused-ring (bicyclic) bond motifs is 1. The second kappa shape index (κ2) is 3.77. The normalized spacial score (nSPS) is 10.4. The highest BCUT2D eigenvalue weighted by molar-refractivity contribution is 5.97. The van der Waals surface area contributed by atoms with E-state index in [0.717, 1.165) is 5.39 Å². The molecule has 2 rings (SSSR count). The van der Waals surface area contributed by atoms with Crippen LogP contribution in [0.3, 0.4) is 0 Å². The zero-order chi connectivity index (χ0) is 11.7. The van der Waals surface area contributed by atoms with Gasteiger partial charge < -0.3 is 10.5 Å². The third-order valence-electron chi connectivity index (χ3n) is 2.25. The molecule has 0 saturated carbocycles. The number of carbonyl (C=O) groups excluding carboxylic acids is 1. The first kappa shape index (κ1) is 10.4. The van der Waals surface area contributed by atoms with Crippen molar-refractivity contribution in [1.82, 2.24) is 9.97 Å². The van der Waals surface area contributed by atoms with Gasteiger partial charge in [-0.1, -0.05) is 0 Å². The predicted octanol–water partition coefficient (Wildman–Crippen LogP) is 1.05. The molecule has 0 bridgehead atoms. The van der Waals surface area contributed by atoms with E-state index in [9.17, 15) is 4.79 Å².